The third kappa shape index (κ3) is 3.25. The van der Waals surface area contributed by atoms with Gasteiger partial charge < -0.3 is 9.47 Å². The van der Waals surface area contributed by atoms with E-state index >= 15 is 19.2 Å². The lowest BCUT2D eigenvalue weighted by Crippen LogP contribution is -2.68. The summed E-state index contributed by atoms with van der Waals surface area (Å²) in [4.78, 5) is 62.2. The fourth-order valence-electron chi connectivity index (χ4n) is 7.77. The number of Topliss-reactive ketones (excluding diaryl/α,β-unsaturated/α-hetero) is 4. The van der Waals surface area contributed by atoms with Gasteiger partial charge in [-0.05, 0) is 46.2 Å². The number of ether oxygens (including phenoxy) is 2. The van der Waals surface area contributed by atoms with Crippen LogP contribution < -0.4 is 9.47 Å². The zero-order valence-corrected chi connectivity index (χ0v) is 25.0. The van der Waals surface area contributed by atoms with Crippen molar-refractivity contribution in [3.8, 4) is 11.5 Å². The second kappa shape index (κ2) is 9.81. The van der Waals surface area contributed by atoms with E-state index in [1.165, 1.54) is 14.2 Å². The van der Waals surface area contributed by atoms with E-state index in [4.69, 9.17) is 9.47 Å². The molecule has 0 saturated carbocycles. The van der Waals surface area contributed by atoms with Crippen LogP contribution in [-0.4, -0.2) is 37.4 Å². The quantitative estimate of drug-likeness (QED) is 0.192. The van der Waals surface area contributed by atoms with Gasteiger partial charge in [0.15, 0.2) is 23.1 Å². The molecule has 6 aromatic rings. The van der Waals surface area contributed by atoms with Crippen LogP contribution in [0.3, 0.4) is 0 Å². The van der Waals surface area contributed by atoms with E-state index in [1.807, 2.05) is 24.3 Å². The lowest BCUT2D eigenvalue weighted by molar-refractivity contribution is 0.0510. The molecule has 6 aromatic carbocycles. The van der Waals surface area contributed by atoms with Crippen LogP contribution in [0.15, 0.2) is 121 Å². The van der Waals surface area contributed by atoms with Gasteiger partial charge >= 0.3 is 0 Å². The molecule has 0 amide bonds. The Kier molecular flexibility index (Phi) is 5.90. The van der Waals surface area contributed by atoms with Gasteiger partial charge in [-0.2, -0.15) is 0 Å². The molecule has 0 saturated heterocycles. The predicted octanol–water partition coefficient (Wildman–Crippen LogP) is 7.34. The average molecular weight is 603 g/mol. The van der Waals surface area contributed by atoms with Crippen LogP contribution >= 0.6 is 0 Å². The number of carbonyl (C=O) groups excluding carboxylic acids is 4. The summed E-state index contributed by atoms with van der Waals surface area (Å²) in [5.41, 5.74) is -3.11. The molecule has 0 radical (unpaired) electrons. The molecule has 46 heavy (non-hydrogen) atoms. The molecule has 0 N–H and O–H groups in total. The molecule has 8 rings (SSSR count). The maximum atomic E-state index is 15.6. The minimum absolute atomic E-state index is 0.221. The molecule has 6 nitrogen and oxygen atoms in total. The monoisotopic (exact) mass is 602 g/mol. The number of hydrogen-bond donors (Lipinski definition) is 0. The summed E-state index contributed by atoms with van der Waals surface area (Å²) in [6.45, 7) is 0. The lowest BCUT2D eigenvalue weighted by atomic mass is 9.45. The highest BCUT2D eigenvalue weighted by Crippen LogP contribution is 2.57. The first-order chi connectivity index (χ1) is 22.4. The van der Waals surface area contributed by atoms with Gasteiger partial charge in [0.25, 0.3) is 0 Å². The number of hydrogen-bond acceptors (Lipinski definition) is 6. The molecule has 2 aliphatic rings. The molecule has 0 unspecified atom stereocenters. The van der Waals surface area contributed by atoms with Crippen molar-refractivity contribution in [2.45, 2.75) is 10.8 Å². The van der Waals surface area contributed by atoms with Crippen LogP contribution in [0.2, 0.25) is 0 Å². The Morgan fingerprint density at radius 1 is 0.391 bits per heavy atom. The standard InChI is InChI=1S/C40H26O6/c1-45-27-19-15-25(16-20-27)39(35(41)29-11-3-7-23-8-4-12-30(33(23)29)36(39)42)40(26-17-21-28(46-2)22-18-26)37(43)31-13-5-9-24-10-6-14-32(34(24)31)38(40)44/h3-22H,1-2H3. The predicted molar refractivity (Wildman–Crippen MR) is 175 cm³/mol. The van der Waals surface area contributed by atoms with E-state index < -0.39 is 34.0 Å². The average Bonchev–Trinajstić information content (AvgIpc) is 3.11. The van der Waals surface area contributed by atoms with Crippen LogP contribution in [0.4, 0.5) is 0 Å². The normalized spacial score (nSPS) is 16.1. The van der Waals surface area contributed by atoms with E-state index in [-0.39, 0.29) is 33.4 Å². The van der Waals surface area contributed by atoms with E-state index in [0.29, 0.717) is 22.3 Å². The molecular weight excluding hydrogens is 576 g/mol. The highest BCUT2D eigenvalue weighted by atomic mass is 16.5. The second-order valence-electron chi connectivity index (χ2n) is 11.7. The SMILES string of the molecule is COc1ccc(C2(C3(c4ccc(OC)cc4)C(=O)c4cccc5cccc(c45)C3=O)C(=O)c3cccc4cccc(c34)C2=O)cc1. The van der Waals surface area contributed by atoms with Gasteiger partial charge in [-0.1, -0.05) is 97.1 Å². The summed E-state index contributed by atoms with van der Waals surface area (Å²) in [6, 6.07) is 34.2. The fourth-order valence-corrected chi connectivity index (χ4v) is 7.77. The van der Waals surface area contributed by atoms with Crippen molar-refractivity contribution in [3.63, 3.8) is 0 Å². The van der Waals surface area contributed by atoms with Crippen molar-refractivity contribution in [3.05, 3.63) is 155 Å². The van der Waals surface area contributed by atoms with Gasteiger partial charge in [0, 0.05) is 33.0 Å². The third-order valence-corrected chi connectivity index (χ3v) is 9.76. The van der Waals surface area contributed by atoms with E-state index in [9.17, 15) is 0 Å². The molecule has 0 aromatic heterocycles. The van der Waals surface area contributed by atoms with Crippen molar-refractivity contribution in [2.24, 2.45) is 0 Å². The summed E-state index contributed by atoms with van der Waals surface area (Å²) in [5.74, 6) is -1.47. The van der Waals surface area contributed by atoms with Crippen molar-refractivity contribution in [2.75, 3.05) is 14.2 Å². The topological polar surface area (TPSA) is 86.7 Å². The molecule has 0 fully saturated rings. The summed E-state index contributed by atoms with van der Waals surface area (Å²) >= 11 is 0. The molecular formula is C40H26O6. The van der Waals surface area contributed by atoms with Gasteiger partial charge in [0.05, 0.1) is 14.2 Å². The maximum absolute atomic E-state index is 15.6. The van der Waals surface area contributed by atoms with Crippen LogP contribution in [0.5, 0.6) is 11.5 Å². The van der Waals surface area contributed by atoms with Crippen LogP contribution in [0, 0.1) is 0 Å². The molecule has 2 aliphatic carbocycles. The summed E-state index contributed by atoms with van der Waals surface area (Å²) in [7, 11) is 3.03. The van der Waals surface area contributed by atoms with Gasteiger partial charge in [-0.25, -0.2) is 0 Å². The number of ketones is 4. The Morgan fingerprint density at radius 2 is 0.674 bits per heavy atom. The second-order valence-corrected chi connectivity index (χ2v) is 11.7. The highest BCUT2D eigenvalue weighted by molar-refractivity contribution is 6.45. The fraction of sp³-hybridized carbons (Fsp3) is 0.100. The largest absolute Gasteiger partial charge is 0.497 e. The lowest BCUT2D eigenvalue weighted by Gasteiger charge is -2.50. The number of methoxy groups -OCH3 is 2. The summed E-state index contributed by atoms with van der Waals surface area (Å²) in [6.07, 6.45) is 0. The third-order valence-electron chi connectivity index (χ3n) is 9.76. The number of rotatable bonds is 5. The zero-order chi connectivity index (χ0) is 31.8. The Balaban J connectivity index is 1.59. The van der Waals surface area contributed by atoms with E-state index in [0.717, 1.165) is 10.8 Å². The van der Waals surface area contributed by atoms with Gasteiger partial charge in [0.1, 0.15) is 22.3 Å². The molecule has 0 aliphatic heterocycles. The number of carbonyl (C=O) groups is 4. The Morgan fingerprint density at radius 3 is 0.935 bits per heavy atom. The van der Waals surface area contributed by atoms with Crippen molar-refractivity contribution >= 4 is 44.7 Å². The van der Waals surface area contributed by atoms with Crippen molar-refractivity contribution < 1.29 is 28.7 Å². The summed E-state index contributed by atoms with van der Waals surface area (Å²) < 4.78 is 10.9. The smallest absolute Gasteiger partial charge is 0.183 e. The first kappa shape index (κ1) is 27.7. The maximum Gasteiger partial charge on any atom is 0.183 e. The van der Waals surface area contributed by atoms with Crippen molar-refractivity contribution in [1.29, 1.82) is 0 Å². The van der Waals surface area contributed by atoms with E-state index in [2.05, 4.69) is 0 Å². The molecule has 0 atom stereocenters. The van der Waals surface area contributed by atoms with Crippen LogP contribution in [-0.2, 0) is 10.8 Å². The Labute approximate surface area is 264 Å². The summed E-state index contributed by atoms with van der Waals surface area (Å²) in [5, 5.41) is 2.45. The Hall–Kier alpha value is -5.88. The first-order valence-corrected chi connectivity index (χ1v) is 14.9. The molecule has 0 spiro atoms. The zero-order valence-electron chi connectivity index (χ0n) is 25.0. The van der Waals surface area contributed by atoms with Gasteiger partial charge in [0.2, 0.25) is 0 Å². The Bertz CT molecular complexity index is 2030. The minimum Gasteiger partial charge on any atom is -0.497 e. The van der Waals surface area contributed by atoms with Crippen LogP contribution in [0.25, 0.3) is 21.5 Å². The number of benzene rings is 6. The van der Waals surface area contributed by atoms with E-state index in [1.54, 1.807) is 97.1 Å². The molecule has 6 heteroatoms. The minimum atomic E-state index is -2.32. The highest BCUT2D eigenvalue weighted by Gasteiger charge is 2.72. The molecule has 222 valence electrons. The molecule has 0 heterocycles. The molecule has 0 bridgehead atoms. The van der Waals surface area contributed by atoms with Gasteiger partial charge in [-0.15, -0.1) is 0 Å². The van der Waals surface area contributed by atoms with Gasteiger partial charge in [-0.3, -0.25) is 19.2 Å². The van der Waals surface area contributed by atoms with Crippen molar-refractivity contribution in [1.82, 2.24) is 0 Å². The first-order valence-electron chi connectivity index (χ1n) is 14.9. The van der Waals surface area contributed by atoms with Crippen LogP contribution in [0.1, 0.15) is 52.6 Å².